The van der Waals surface area contributed by atoms with Crippen LogP contribution in [0.15, 0.2) is 18.6 Å². The molecule has 0 aromatic carbocycles. The number of hydrogen-bond donors (Lipinski definition) is 1. The van der Waals surface area contributed by atoms with E-state index in [2.05, 4.69) is 32.3 Å². The summed E-state index contributed by atoms with van der Waals surface area (Å²) in [5.41, 5.74) is 0.844. The molecule has 110 valence electrons. The summed E-state index contributed by atoms with van der Waals surface area (Å²) in [6.45, 7) is 5.58. The highest BCUT2D eigenvalue weighted by molar-refractivity contribution is 5.86. The lowest BCUT2D eigenvalue weighted by Gasteiger charge is -2.09. The molecule has 3 heterocycles. The van der Waals surface area contributed by atoms with Crippen LogP contribution < -0.4 is 5.32 Å². The minimum absolute atomic E-state index is 0.605. The fourth-order valence-electron chi connectivity index (χ4n) is 2.24. The number of anilines is 1. The lowest BCUT2D eigenvalue weighted by molar-refractivity contribution is 0.713. The monoisotopic (exact) mass is 285 g/mol. The quantitative estimate of drug-likeness (QED) is 0.773. The number of nitrogens with zero attached hydrogens (tertiary/aromatic N) is 6. The van der Waals surface area contributed by atoms with Gasteiger partial charge in [-0.15, -0.1) is 0 Å². The topological polar surface area (TPSA) is 73.5 Å². The molecule has 7 heteroatoms. The first-order valence-electron chi connectivity index (χ1n) is 7.09. The molecule has 0 unspecified atom stereocenters. The van der Waals surface area contributed by atoms with Crippen molar-refractivity contribution in [2.24, 2.45) is 7.05 Å². The number of rotatable bonds is 5. The molecular weight excluding hydrogens is 266 g/mol. The van der Waals surface area contributed by atoms with E-state index in [0.29, 0.717) is 6.54 Å². The lowest BCUT2D eigenvalue weighted by atomic mass is 10.3. The zero-order valence-electron chi connectivity index (χ0n) is 12.5. The lowest BCUT2D eigenvalue weighted by Crippen LogP contribution is -2.10. The maximum atomic E-state index is 4.64. The molecule has 3 rings (SSSR count). The number of aryl methyl sites for hydroxylation is 2. The first-order valence-corrected chi connectivity index (χ1v) is 7.09. The Hall–Kier alpha value is -2.44. The molecule has 0 aliphatic rings. The standard InChI is InChI=1S/C14H19N7/c1-4-5-16-13-11-8-17-20(3)14(11)19-12(18-13)9-21-7-6-15-10(21)2/h6-8H,4-5,9H2,1-3H3,(H,16,18,19). The van der Waals surface area contributed by atoms with Crippen molar-refractivity contribution >= 4 is 16.9 Å². The van der Waals surface area contributed by atoms with Gasteiger partial charge in [0.05, 0.1) is 18.1 Å². The number of nitrogens with one attached hydrogen (secondary N) is 1. The van der Waals surface area contributed by atoms with E-state index < -0.39 is 0 Å². The Bertz CT molecular complexity index is 756. The molecule has 0 saturated heterocycles. The minimum Gasteiger partial charge on any atom is -0.369 e. The van der Waals surface area contributed by atoms with Crippen LogP contribution in [0.5, 0.6) is 0 Å². The molecule has 0 amide bonds. The van der Waals surface area contributed by atoms with Gasteiger partial charge in [0.15, 0.2) is 11.5 Å². The minimum atomic E-state index is 0.605. The van der Waals surface area contributed by atoms with Crippen molar-refractivity contribution < 1.29 is 0 Å². The van der Waals surface area contributed by atoms with Crippen LogP contribution in [0.1, 0.15) is 25.0 Å². The van der Waals surface area contributed by atoms with Crippen LogP contribution in [0, 0.1) is 6.92 Å². The Morgan fingerprint density at radius 2 is 2.14 bits per heavy atom. The van der Waals surface area contributed by atoms with Gasteiger partial charge in [0.1, 0.15) is 11.6 Å². The summed E-state index contributed by atoms with van der Waals surface area (Å²) in [7, 11) is 1.89. The van der Waals surface area contributed by atoms with Crippen molar-refractivity contribution in [3.63, 3.8) is 0 Å². The molecule has 1 N–H and O–H groups in total. The van der Waals surface area contributed by atoms with Crippen LogP contribution in [0.2, 0.25) is 0 Å². The molecular formula is C14H19N7. The molecule has 0 atom stereocenters. The predicted molar refractivity (Wildman–Crippen MR) is 81.2 cm³/mol. The molecule has 21 heavy (non-hydrogen) atoms. The van der Waals surface area contributed by atoms with Crippen molar-refractivity contribution in [1.82, 2.24) is 29.3 Å². The normalized spacial score (nSPS) is 11.2. The van der Waals surface area contributed by atoms with E-state index >= 15 is 0 Å². The van der Waals surface area contributed by atoms with Gasteiger partial charge in [-0.1, -0.05) is 6.92 Å². The summed E-state index contributed by atoms with van der Waals surface area (Å²) >= 11 is 0. The second-order valence-electron chi connectivity index (χ2n) is 5.02. The molecule has 0 bridgehead atoms. The van der Waals surface area contributed by atoms with E-state index in [1.54, 1.807) is 17.1 Å². The van der Waals surface area contributed by atoms with Crippen LogP contribution >= 0.6 is 0 Å². The van der Waals surface area contributed by atoms with E-state index in [1.807, 2.05) is 24.7 Å². The van der Waals surface area contributed by atoms with E-state index in [9.17, 15) is 0 Å². The summed E-state index contributed by atoms with van der Waals surface area (Å²) in [4.78, 5) is 13.5. The predicted octanol–water partition coefficient (Wildman–Crippen LogP) is 1.74. The average molecular weight is 285 g/mol. The molecule has 0 fully saturated rings. The molecule has 3 aromatic rings. The summed E-state index contributed by atoms with van der Waals surface area (Å²) < 4.78 is 3.81. The average Bonchev–Trinajstić information content (AvgIpc) is 3.04. The Morgan fingerprint density at radius 3 is 2.86 bits per heavy atom. The highest BCUT2D eigenvalue weighted by Crippen LogP contribution is 2.20. The maximum Gasteiger partial charge on any atom is 0.163 e. The van der Waals surface area contributed by atoms with Gasteiger partial charge in [-0.05, 0) is 13.3 Å². The zero-order valence-corrected chi connectivity index (χ0v) is 12.5. The molecule has 0 aliphatic heterocycles. The van der Waals surface area contributed by atoms with E-state index in [1.165, 1.54) is 0 Å². The smallest absolute Gasteiger partial charge is 0.163 e. The van der Waals surface area contributed by atoms with Gasteiger partial charge in [0.2, 0.25) is 0 Å². The first-order chi connectivity index (χ1) is 10.2. The third-order valence-electron chi connectivity index (χ3n) is 3.42. The van der Waals surface area contributed by atoms with Crippen molar-refractivity contribution in [3.05, 3.63) is 30.2 Å². The van der Waals surface area contributed by atoms with E-state index in [-0.39, 0.29) is 0 Å². The Morgan fingerprint density at radius 1 is 1.29 bits per heavy atom. The summed E-state index contributed by atoms with van der Waals surface area (Å²) in [5, 5.41) is 8.59. The van der Waals surface area contributed by atoms with Crippen molar-refractivity contribution in [3.8, 4) is 0 Å². The Balaban J connectivity index is 2.02. The van der Waals surface area contributed by atoms with Gasteiger partial charge in [-0.3, -0.25) is 4.68 Å². The molecule has 3 aromatic heterocycles. The van der Waals surface area contributed by atoms with Crippen LogP contribution in [0.25, 0.3) is 11.0 Å². The van der Waals surface area contributed by atoms with Crippen molar-refractivity contribution in [2.75, 3.05) is 11.9 Å². The van der Waals surface area contributed by atoms with Gasteiger partial charge < -0.3 is 9.88 Å². The summed E-state index contributed by atoms with van der Waals surface area (Å²) in [6.07, 6.45) is 6.57. The number of fused-ring (bicyclic) bond motifs is 1. The van der Waals surface area contributed by atoms with Crippen molar-refractivity contribution in [1.29, 1.82) is 0 Å². The highest BCUT2D eigenvalue weighted by Gasteiger charge is 2.12. The molecule has 0 aliphatic carbocycles. The van der Waals surface area contributed by atoms with E-state index in [4.69, 9.17) is 0 Å². The van der Waals surface area contributed by atoms with Gasteiger partial charge in [0, 0.05) is 26.0 Å². The third kappa shape index (κ3) is 2.58. The maximum absolute atomic E-state index is 4.64. The fourth-order valence-corrected chi connectivity index (χ4v) is 2.24. The Kier molecular flexibility index (Phi) is 3.55. The highest BCUT2D eigenvalue weighted by atomic mass is 15.3. The van der Waals surface area contributed by atoms with Gasteiger partial charge in [0.25, 0.3) is 0 Å². The Labute approximate surface area is 123 Å². The summed E-state index contributed by atoms with van der Waals surface area (Å²) in [6, 6.07) is 0. The first kappa shape index (κ1) is 13.5. The van der Waals surface area contributed by atoms with Crippen LogP contribution in [-0.4, -0.2) is 35.8 Å². The largest absolute Gasteiger partial charge is 0.369 e. The second kappa shape index (κ2) is 5.51. The van der Waals surface area contributed by atoms with Crippen LogP contribution in [0.3, 0.4) is 0 Å². The third-order valence-corrected chi connectivity index (χ3v) is 3.42. The molecule has 0 saturated carbocycles. The second-order valence-corrected chi connectivity index (χ2v) is 5.02. The van der Waals surface area contributed by atoms with Gasteiger partial charge in [-0.2, -0.15) is 5.10 Å². The van der Waals surface area contributed by atoms with Crippen LogP contribution in [0.4, 0.5) is 5.82 Å². The SMILES string of the molecule is CCCNc1nc(Cn2ccnc2C)nc2c1cnn2C. The molecule has 7 nitrogen and oxygen atoms in total. The van der Waals surface area contributed by atoms with E-state index in [0.717, 1.165) is 41.5 Å². The van der Waals surface area contributed by atoms with Gasteiger partial charge in [-0.25, -0.2) is 15.0 Å². The number of aromatic nitrogens is 6. The van der Waals surface area contributed by atoms with Crippen LogP contribution in [-0.2, 0) is 13.6 Å². The zero-order chi connectivity index (χ0) is 14.8. The van der Waals surface area contributed by atoms with Crippen molar-refractivity contribution in [2.45, 2.75) is 26.8 Å². The fraction of sp³-hybridized carbons (Fsp3) is 0.429. The molecule has 0 spiro atoms. The number of imidazole rings is 1. The molecule has 0 radical (unpaired) electrons. The summed E-state index contributed by atoms with van der Waals surface area (Å²) in [5.74, 6) is 2.56. The number of hydrogen-bond acceptors (Lipinski definition) is 5. The van der Waals surface area contributed by atoms with Gasteiger partial charge >= 0.3 is 0 Å².